The molecule has 0 spiro atoms. The molecule has 1 fully saturated rings. The Labute approximate surface area is 124 Å². The van der Waals surface area contributed by atoms with Crippen molar-refractivity contribution in [1.82, 2.24) is 15.3 Å². The van der Waals surface area contributed by atoms with Crippen LogP contribution in [0.3, 0.4) is 0 Å². The molecule has 1 aliphatic carbocycles. The Bertz CT molecular complexity index is 520. The van der Waals surface area contributed by atoms with E-state index in [0.29, 0.717) is 6.61 Å². The minimum atomic E-state index is -0.0309. The van der Waals surface area contributed by atoms with Gasteiger partial charge in [0.25, 0.3) is 0 Å². The molecule has 1 amide bonds. The van der Waals surface area contributed by atoms with Gasteiger partial charge in [0.05, 0.1) is 0 Å². The van der Waals surface area contributed by atoms with Crippen molar-refractivity contribution in [2.45, 2.75) is 38.6 Å². The van der Waals surface area contributed by atoms with E-state index in [2.05, 4.69) is 20.2 Å². The van der Waals surface area contributed by atoms with E-state index in [-0.39, 0.29) is 18.6 Å². The number of anilines is 1. The molecule has 0 aromatic carbocycles. The number of aryl methyl sites for hydroxylation is 1. The highest BCUT2D eigenvalue weighted by atomic mass is 16.5. The van der Waals surface area contributed by atoms with Crippen molar-refractivity contribution in [2.24, 2.45) is 0 Å². The zero-order chi connectivity index (χ0) is 14.7. The Morgan fingerprint density at radius 1 is 1.48 bits per heavy atom. The number of hydrogen-bond donors (Lipinski definition) is 1. The second-order valence-corrected chi connectivity index (χ2v) is 5.61. The lowest BCUT2D eigenvalue weighted by Crippen LogP contribution is -2.39. The van der Waals surface area contributed by atoms with Crippen molar-refractivity contribution >= 4 is 11.7 Å². The normalized spacial score (nSPS) is 20.6. The SMILES string of the molecule is CCOCC(=O)N[C@H]1CCN(c2ncnc3c2CCC3)C1. The zero-order valence-electron chi connectivity index (χ0n) is 12.5. The molecule has 114 valence electrons. The number of carbonyl (C=O) groups is 1. The summed E-state index contributed by atoms with van der Waals surface area (Å²) in [6, 6.07) is 0.185. The molecule has 1 aromatic rings. The third-order valence-corrected chi connectivity index (χ3v) is 4.14. The van der Waals surface area contributed by atoms with E-state index in [4.69, 9.17) is 4.74 Å². The number of amides is 1. The molecule has 1 saturated heterocycles. The zero-order valence-corrected chi connectivity index (χ0v) is 12.5. The fraction of sp³-hybridized carbons (Fsp3) is 0.667. The fourth-order valence-electron chi connectivity index (χ4n) is 3.15. The van der Waals surface area contributed by atoms with Gasteiger partial charge in [0.2, 0.25) is 5.91 Å². The van der Waals surface area contributed by atoms with Gasteiger partial charge in [-0.25, -0.2) is 9.97 Å². The lowest BCUT2D eigenvalue weighted by molar-refractivity contribution is -0.126. The number of ether oxygens (including phenoxy) is 1. The first-order valence-electron chi connectivity index (χ1n) is 7.72. The maximum Gasteiger partial charge on any atom is 0.246 e. The number of nitrogens with zero attached hydrogens (tertiary/aromatic N) is 3. The predicted molar refractivity (Wildman–Crippen MR) is 79.3 cm³/mol. The van der Waals surface area contributed by atoms with E-state index < -0.39 is 0 Å². The van der Waals surface area contributed by atoms with Crippen LogP contribution in [0.4, 0.5) is 5.82 Å². The summed E-state index contributed by atoms with van der Waals surface area (Å²) in [6.45, 7) is 4.36. The highest BCUT2D eigenvalue weighted by Gasteiger charge is 2.28. The number of hydrogen-bond acceptors (Lipinski definition) is 5. The minimum Gasteiger partial charge on any atom is -0.372 e. The van der Waals surface area contributed by atoms with Gasteiger partial charge in [-0.05, 0) is 32.6 Å². The van der Waals surface area contributed by atoms with E-state index >= 15 is 0 Å². The Morgan fingerprint density at radius 3 is 3.24 bits per heavy atom. The van der Waals surface area contributed by atoms with E-state index in [9.17, 15) is 4.79 Å². The summed E-state index contributed by atoms with van der Waals surface area (Å²) in [6.07, 6.45) is 5.93. The number of fused-ring (bicyclic) bond motifs is 1. The van der Waals surface area contributed by atoms with Crippen LogP contribution in [0.15, 0.2) is 6.33 Å². The maximum atomic E-state index is 11.7. The average Bonchev–Trinajstić information content (AvgIpc) is 3.13. The first kappa shape index (κ1) is 14.3. The molecule has 2 heterocycles. The number of carbonyl (C=O) groups excluding carboxylic acids is 1. The van der Waals surface area contributed by atoms with Gasteiger partial charge >= 0.3 is 0 Å². The van der Waals surface area contributed by atoms with Crippen molar-refractivity contribution in [3.05, 3.63) is 17.6 Å². The second-order valence-electron chi connectivity index (χ2n) is 5.61. The monoisotopic (exact) mass is 290 g/mol. The summed E-state index contributed by atoms with van der Waals surface area (Å²) in [7, 11) is 0. The summed E-state index contributed by atoms with van der Waals surface area (Å²) < 4.78 is 5.13. The largest absolute Gasteiger partial charge is 0.372 e. The number of nitrogens with one attached hydrogen (secondary N) is 1. The molecule has 1 atom stereocenters. The van der Waals surface area contributed by atoms with Crippen LogP contribution in [0.5, 0.6) is 0 Å². The molecular formula is C15H22N4O2. The fourth-order valence-corrected chi connectivity index (χ4v) is 3.15. The minimum absolute atomic E-state index is 0.0309. The van der Waals surface area contributed by atoms with Gasteiger partial charge in [0.15, 0.2) is 0 Å². The van der Waals surface area contributed by atoms with E-state index in [0.717, 1.165) is 38.2 Å². The van der Waals surface area contributed by atoms with Crippen LogP contribution in [-0.4, -0.2) is 48.2 Å². The van der Waals surface area contributed by atoms with Gasteiger partial charge in [-0.3, -0.25) is 4.79 Å². The third kappa shape index (κ3) is 3.15. The van der Waals surface area contributed by atoms with Gasteiger partial charge in [-0.2, -0.15) is 0 Å². The first-order chi connectivity index (χ1) is 10.3. The van der Waals surface area contributed by atoms with Crippen LogP contribution in [-0.2, 0) is 22.4 Å². The summed E-state index contributed by atoms with van der Waals surface area (Å²) in [5, 5.41) is 3.03. The van der Waals surface area contributed by atoms with Gasteiger partial charge in [0, 0.05) is 37.0 Å². The first-order valence-corrected chi connectivity index (χ1v) is 7.72. The van der Waals surface area contributed by atoms with Crippen molar-refractivity contribution in [3.63, 3.8) is 0 Å². The lowest BCUT2D eigenvalue weighted by Gasteiger charge is -2.20. The molecule has 1 N–H and O–H groups in total. The van der Waals surface area contributed by atoms with Crippen molar-refractivity contribution < 1.29 is 9.53 Å². The molecule has 6 nitrogen and oxygen atoms in total. The van der Waals surface area contributed by atoms with E-state index in [1.807, 2.05) is 6.92 Å². The summed E-state index contributed by atoms with van der Waals surface area (Å²) in [5.74, 6) is 1.04. The van der Waals surface area contributed by atoms with Gasteiger partial charge in [0.1, 0.15) is 18.8 Å². The molecule has 0 saturated carbocycles. The van der Waals surface area contributed by atoms with Crippen LogP contribution in [0, 0.1) is 0 Å². The lowest BCUT2D eigenvalue weighted by atomic mass is 10.2. The number of aromatic nitrogens is 2. The average molecular weight is 290 g/mol. The van der Waals surface area contributed by atoms with E-state index in [1.54, 1.807) is 6.33 Å². The Kier molecular flexibility index (Phi) is 4.34. The molecule has 3 rings (SSSR count). The summed E-state index contributed by atoms with van der Waals surface area (Å²) >= 11 is 0. The van der Waals surface area contributed by atoms with Crippen molar-refractivity contribution in [3.8, 4) is 0 Å². The molecule has 1 aromatic heterocycles. The molecule has 21 heavy (non-hydrogen) atoms. The second kappa shape index (κ2) is 6.39. The highest BCUT2D eigenvalue weighted by Crippen LogP contribution is 2.29. The Hall–Kier alpha value is -1.69. The molecular weight excluding hydrogens is 268 g/mol. The van der Waals surface area contributed by atoms with Crippen LogP contribution < -0.4 is 10.2 Å². The van der Waals surface area contributed by atoms with Gasteiger partial charge < -0.3 is 15.0 Å². The Morgan fingerprint density at radius 2 is 2.38 bits per heavy atom. The van der Waals surface area contributed by atoms with Crippen LogP contribution in [0.1, 0.15) is 31.0 Å². The van der Waals surface area contributed by atoms with Crippen molar-refractivity contribution in [1.29, 1.82) is 0 Å². The molecule has 0 radical (unpaired) electrons. The third-order valence-electron chi connectivity index (χ3n) is 4.14. The van der Waals surface area contributed by atoms with Crippen LogP contribution in [0.25, 0.3) is 0 Å². The predicted octanol–water partition coefficient (Wildman–Crippen LogP) is 0.697. The standard InChI is InChI=1S/C15H22N4O2/c1-2-21-9-14(20)18-11-6-7-19(8-11)15-12-4-3-5-13(12)16-10-17-15/h10-11H,2-9H2,1H3,(H,18,20)/t11-/m0/s1. The quantitative estimate of drug-likeness (QED) is 0.864. The van der Waals surface area contributed by atoms with Gasteiger partial charge in [-0.1, -0.05) is 0 Å². The number of rotatable bonds is 5. The topological polar surface area (TPSA) is 67.3 Å². The van der Waals surface area contributed by atoms with Crippen LogP contribution >= 0.6 is 0 Å². The smallest absolute Gasteiger partial charge is 0.246 e. The maximum absolute atomic E-state index is 11.7. The van der Waals surface area contributed by atoms with E-state index in [1.165, 1.54) is 17.7 Å². The highest BCUT2D eigenvalue weighted by molar-refractivity contribution is 5.77. The Balaban J connectivity index is 1.60. The molecule has 1 aliphatic heterocycles. The van der Waals surface area contributed by atoms with Crippen molar-refractivity contribution in [2.75, 3.05) is 31.2 Å². The summed E-state index contributed by atoms with van der Waals surface area (Å²) in [5.41, 5.74) is 2.50. The molecule has 0 unspecified atom stereocenters. The van der Waals surface area contributed by atoms with Crippen LogP contribution in [0.2, 0.25) is 0 Å². The summed E-state index contributed by atoms with van der Waals surface area (Å²) in [4.78, 5) is 22.8. The molecule has 2 aliphatic rings. The molecule has 0 bridgehead atoms. The van der Waals surface area contributed by atoms with Gasteiger partial charge in [-0.15, -0.1) is 0 Å². The molecule has 6 heteroatoms.